The maximum absolute atomic E-state index is 11.6. The SMILES string of the molecule is Cc1oc(=O)oc1COC(=O)NC1CCCCC1N. The fraction of sp³-hybridized carbons (Fsp3) is 0.667. The lowest BCUT2D eigenvalue weighted by Crippen LogP contribution is -2.49. The lowest BCUT2D eigenvalue weighted by atomic mass is 9.91. The number of carbonyl (C=O) groups is 1. The van der Waals surface area contributed by atoms with Gasteiger partial charge in [-0.1, -0.05) is 12.8 Å². The van der Waals surface area contributed by atoms with Gasteiger partial charge >= 0.3 is 11.9 Å². The van der Waals surface area contributed by atoms with Crippen LogP contribution in [0.5, 0.6) is 0 Å². The van der Waals surface area contributed by atoms with E-state index in [2.05, 4.69) is 9.73 Å². The standard InChI is InChI=1S/C12H18N2O5/c1-7-10(19-12(16)18-7)6-17-11(15)14-9-5-3-2-4-8(9)13/h8-9H,2-6,13H2,1H3,(H,14,15). The minimum atomic E-state index is -0.800. The summed E-state index contributed by atoms with van der Waals surface area (Å²) < 4.78 is 14.4. The molecule has 1 aliphatic carbocycles. The van der Waals surface area contributed by atoms with Crippen LogP contribution in [0.4, 0.5) is 4.79 Å². The second-order valence-electron chi connectivity index (χ2n) is 4.71. The molecular weight excluding hydrogens is 252 g/mol. The zero-order valence-corrected chi connectivity index (χ0v) is 10.8. The highest BCUT2D eigenvalue weighted by atomic mass is 16.6. The molecular formula is C12H18N2O5. The molecule has 7 nitrogen and oxygen atoms in total. The number of hydrogen-bond acceptors (Lipinski definition) is 6. The number of hydrogen-bond donors (Lipinski definition) is 2. The van der Waals surface area contributed by atoms with E-state index in [1.165, 1.54) is 0 Å². The maximum Gasteiger partial charge on any atom is 0.519 e. The average molecular weight is 270 g/mol. The zero-order valence-electron chi connectivity index (χ0n) is 10.8. The number of nitrogens with two attached hydrogens (primary N) is 1. The second-order valence-corrected chi connectivity index (χ2v) is 4.71. The third-order valence-electron chi connectivity index (χ3n) is 3.29. The van der Waals surface area contributed by atoms with Crippen LogP contribution in [0.3, 0.4) is 0 Å². The molecule has 0 aliphatic heterocycles. The molecule has 1 fully saturated rings. The van der Waals surface area contributed by atoms with E-state index in [1.807, 2.05) is 0 Å². The number of amides is 1. The highest BCUT2D eigenvalue weighted by Gasteiger charge is 2.24. The van der Waals surface area contributed by atoms with Crippen molar-refractivity contribution >= 4 is 6.09 Å². The number of nitrogens with one attached hydrogen (secondary N) is 1. The van der Waals surface area contributed by atoms with Crippen molar-refractivity contribution in [1.82, 2.24) is 5.32 Å². The van der Waals surface area contributed by atoms with Crippen molar-refractivity contribution in [1.29, 1.82) is 0 Å². The monoisotopic (exact) mass is 270 g/mol. The lowest BCUT2D eigenvalue weighted by molar-refractivity contribution is 0.122. The van der Waals surface area contributed by atoms with Crippen LogP contribution in [0.25, 0.3) is 0 Å². The molecule has 19 heavy (non-hydrogen) atoms. The molecule has 1 saturated carbocycles. The van der Waals surface area contributed by atoms with Crippen molar-refractivity contribution in [2.45, 2.75) is 51.3 Å². The number of alkyl carbamates (subject to hydrolysis) is 1. The highest BCUT2D eigenvalue weighted by molar-refractivity contribution is 5.67. The Morgan fingerprint density at radius 2 is 2.16 bits per heavy atom. The van der Waals surface area contributed by atoms with Gasteiger partial charge in [-0.15, -0.1) is 0 Å². The predicted octanol–water partition coefficient (Wildman–Crippen LogP) is 1.04. The molecule has 0 radical (unpaired) electrons. The third kappa shape index (κ3) is 3.60. The number of carbonyl (C=O) groups excluding carboxylic acids is 1. The van der Waals surface area contributed by atoms with Crippen molar-refractivity contribution in [2.24, 2.45) is 5.73 Å². The Bertz CT molecular complexity index is 493. The molecule has 1 aromatic rings. The summed E-state index contributed by atoms with van der Waals surface area (Å²) in [6, 6.07) is -0.0893. The first kappa shape index (κ1) is 13.7. The Labute approximate surface area is 110 Å². The van der Waals surface area contributed by atoms with Crippen molar-refractivity contribution in [2.75, 3.05) is 0 Å². The first-order chi connectivity index (χ1) is 9.06. The average Bonchev–Trinajstić information content (AvgIpc) is 2.68. The number of aryl methyl sites for hydroxylation is 1. The van der Waals surface area contributed by atoms with Crippen LogP contribution in [-0.2, 0) is 11.3 Å². The van der Waals surface area contributed by atoms with Gasteiger partial charge in [0.05, 0.1) is 0 Å². The Morgan fingerprint density at radius 1 is 1.42 bits per heavy atom. The molecule has 7 heteroatoms. The van der Waals surface area contributed by atoms with Crippen LogP contribution in [0.15, 0.2) is 13.6 Å². The molecule has 1 amide bonds. The van der Waals surface area contributed by atoms with E-state index in [9.17, 15) is 9.59 Å². The van der Waals surface area contributed by atoms with Crippen LogP contribution in [0, 0.1) is 6.92 Å². The van der Waals surface area contributed by atoms with Crippen molar-refractivity contribution in [3.05, 3.63) is 22.1 Å². The Hall–Kier alpha value is -1.76. The fourth-order valence-electron chi connectivity index (χ4n) is 2.17. The molecule has 2 unspecified atom stereocenters. The topological polar surface area (TPSA) is 108 Å². The minimum absolute atomic E-state index is 0.0325. The Morgan fingerprint density at radius 3 is 2.79 bits per heavy atom. The predicted molar refractivity (Wildman–Crippen MR) is 65.5 cm³/mol. The fourth-order valence-corrected chi connectivity index (χ4v) is 2.17. The van der Waals surface area contributed by atoms with E-state index < -0.39 is 11.9 Å². The van der Waals surface area contributed by atoms with E-state index in [0.29, 0.717) is 5.76 Å². The van der Waals surface area contributed by atoms with Gasteiger partial charge in [0.15, 0.2) is 18.1 Å². The molecule has 1 aromatic heterocycles. The van der Waals surface area contributed by atoms with Crippen LogP contribution in [0.2, 0.25) is 0 Å². The number of ether oxygens (including phenoxy) is 1. The van der Waals surface area contributed by atoms with Gasteiger partial charge in [0.2, 0.25) is 0 Å². The van der Waals surface area contributed by atoms with Gasteiger partial charge in [0.1, 0.15) is 0 Å². The summed E-state index contributed by atoms with van der Waals surface area (Å²) in [7, 11) is 0. The normalized spacial score (nSPS) is 23.1. The molecule has 0 saturated heterocycles. The maximum atomic E-state index is 11.6. The van der Waals surface area contributed by atoms with Gasteiger partial charge < -0.3 is 24.6 Å². The molecule has 2 atom stereocenters. The van der Waals surface area contributed by atoms with Crippen LogP contribution >= 0.6 is 0 Å². The molecule has 1 heterocycles. The summed E-state index contributed by atoms with van der Waals surface area (Å²) in [5, 5.41) is 2.73. The van der Waals surface area contributed by atoms with E-state index in [-0.39, 0.29) is 24.5 Å². The number of rotatable bonds is 3. The molecule has 0 spiro atoms. The first-order valence-corrected chi connectivity index (χ1v) is 6.34. The summed E-state index contributed by atoms with van der Waals surface area (Å²) in [6.45, 7) is 1.43. The summed E-state index contributed by atoms with van der Waals surface area (Å²) in [4.78, 5) is 22.4. The molecule has 1 aliphatic rings. The van der Waals surface area contributed by atoms with Crippen LogP contribution in [-0.4, -0.2) is 18.2 Å². The molecule has 0 bridgehead atoms. The van der Waals surface area contributed by atoms with Gasteiger partial charge in [-0.25, -0.2) is 9.59 Å². The van der Waals surface area contributed by atoms with Crippen LogP contribution in [0.1, 0.15) is 37.2 Å². The first-order valence-electron chi connectivity index (χ1n) is 6.34. The van der Waals surface area contributed by atoms with E-state index in [1.54, 1.807) is 6.92 Å². The van der Waals surface area contributed by atoms with E-state index in [4.69, 9.17) is 14.9 Å². The van der Waals surface area contributed by atoms with Gasteiger partial charge in [-0.2, -0.15) is 0 Å². The van der Waals surface area contributed by atoms with Gasteiger partial charge in [0.25, 0.3) is 0 Å². The van der Waals surface area contributed by atoms with Crippen molar-refractivity contribution < 1.29 is 18.4 Å². The van der Waals surface area contributed by atoms with Gasteiger partial charge in [-0.05, 0) is 19.8 Å². The smallest absolute Gasteiger partial charge is 0.441 e. The van der Waals surface area contributed by atoms with Gasteiger partial charge in [0, 0.05) is 12.1 Å². The minimum Gasteiger partial charge on any atom is -0.441 e. The molecule has 2 rings (SSSR count). The van der Waals surface area contributed by atoms with Crippen molar-refractivity contribution in [3.63, 3.8) is 0 Å². The second kappa shape index (κ2) is 5.92. The largest absolute Gasteiger partial charge is 0.519 e. The molecule has 3 N–H and O–H groups in total. The summed E-state index contributed by atoms with van der Waals surface area (Å²) in [6.07, 6.45) is 3.34. The molecule has 0 aromatic carbocycles. The Kier molecular flexibility index (Phi) is 4.26. The van der Waals surface area contributed by atoms with Crippen LogP contribution < -0.4 is 16.9 Å². The highest BCUT2D eigenvalue weighted by Crippen LogP contribution is 2.17. The van der Waals surface area contributed by atoms with E-state index in [0.717, 1.165) is 25.7 Å². The Balaban J connectivity index is 1.81. The van der Waals surface area contributed by atoms with Crippen molar-refractivity contribution in [3.8, 4) is 0 Å². The summed E-state index contributed by atoms with van der Waals surface area (Å²) in [5.74, 6) is -0.272. The summed E-state index contributed by atoms with van der Waals surface area (Å²) >= 11 is 0. The zero-order chi connectivity index (χ0) is 13.8. The van der Waals surface area contributed by atoms with E-state index >= 15 is 0 Å². The summed E-state index contributed by atoms with van der Waals surface area (Å²) in [5.41, 5.74) is 5.92. The lowest BCUT2D eigenvalue weighted by Gasteiger charge is -2.28. The van der Waals surface area contributed by atoms with Gasteiger partial charge in [-0.3, -0.25) is 0 Å². The third-order valence-corrected chi connectivity index (χ3v) is 3.29. The quantitative estimate of drug-likeness (QED) is 0.849. The molecule has 106 valence electrons.